The smallest absolute Gasteiger partial charge is 0.333 e. The monoisotopic (exact) mass is 769 g/mol. The summed E-state index contributed by atoms with van der Waals surface area (Å²) in [4.78, 5) is 12.0. The summed E-state index contributed by atoms with van der Waals surface area (Å²) in [5.74, 6) is 3.27. The molecule has 5 nitrogen and oxygen atoms in total. The Hall–Kier alpha value is -3.48. The molecule has 0 aliphatic heterocycles. The van der Waals surface area contributed by atoms with Gasteiger partial charge in [0.2, 0.25) is 0 Å². The van der Waals surface area contributed by atoms with E-state index >= 15 is 4.39 Å². The number of carbonyl (C=O) groups excluding carboxylic acids is 1. The predicted octanol–water partition coefficient (Wildman–Crippen LogP) is 12.2. The van der Waals surface area contributed by atoms with Crippen molar-refractivity contribution in [3.05, 3.63) is 89.3 Å². The van der Waals surface area contributed by atoms with Crippen molar-refractivity contribution in [3.63, 3.8) is 0 Å². The van der Waals surface area contributed by atoms with Crippen molar-refractivity contribution >= 4 is 5.97 Å². The van der Waals surface area contributed by atoms with Crippen LogP contribution in [0.25, 0.3) is 22.3 Å². The number of esters is 1. The van der Waals surface area contributed by atoms with Crippen molar-refractivity contribution in [2.45, 2.75) is 136 Å². The van der Waals surface area contributed by atoms with E-state index in [0.29, 0.717) is 42.1 Å². The van der Waals surface area contributed by atoms with Crippen molar-refractivity contribution in [3.8, 4) is 28.0 Å². The van der Waals surface area contributed by atoms with Crippen molar-refractivity contribution in [1.82, 2.24) is 0 Å². The van der Waals surface area contributed by atoms with Gasteiger partial charge in [-0.15, -0.1) is 0 Å². The number of aliphatic hydroxyl groups excluding tert-OH is 2. The van der Waals surface area contributed by atoms with Gasteiger partial charge >= 0.3 is 5.97 Å². The Labute approximate surface area is 337 Å². The molecule has 6 heteroatoms. The molecule has 0 radical (unpaired) electrons. The summed E-state index contributed by atoms with van der Waals surface area (Å²) in [6.07, 6.45) is 18.7. The summed E-state index contributed by atoms with van der Waals surface area (Å²) < 4.78 is 27.6. The lowest BCUT2D eigenvalue weighted by Gasteiger charge is -2.38. The van der Waals surface area contributed by atoms with Crippen molar-refractivity contribution < 1.29 is 28.9 Å². The molecular formula is C50H69FO5. The Kier molecular flexibility index (Phi) is 16.6. The summed E-state index contributed by atoms with van der Waals surface area (Å²) in [7, 11) is 0. The van der Waals surface area contributed by atoms with E-state index in [9.17, 15) is 15.0 Å². The number of ether oxygens (including phenoxy) is 2. The zero-order valence-corrected chi connectivity index (χ0v) is 34.9. The van der Waals surface area contributed by atoms with E-state index in [4.69, 9.17) is 9.47 Å². The first-order valence-electron chi connectivity index (χ1n) is 21.9. The third kappa shape index (κ3) is 11.3. The van der Waals surface area contributed by atoms with E-state index < -0.39 is 11.4 Å². The van der Waals surface area contributed by atoms with Crippen LogP contribution in [-0.4, -0.2) is 42.6 Å². The molecule has 0 saturated heterocycles. The quantitative estimate of drug-likeness (QED) is 0.0680. The maximum atomic E-state index is 16.0. The van der Waals surface area contributed by atoms with Crippen LogP contribution in [0.15, 0.2) is 66.7 Å². The molecule has 2 aliphatic rings. The highest BCUT2D eigenvalue weighted by molar-refractivity contribution is 5.86. The van der Waals surface area contributed by atoms with Gasteiger partial charge in [0.25, 0.3) is 0 Å². The zero-order chi connectivity index (χ0) is 40.1. The first-order valence-corrected chi connectivity index (χ1v) is 21.9. The molecule has 2 fully saturated rings. The second-order valence-corrected chi connectivity index (χ2v) is 17.2. The molecule has 0 amide bonds. The van der Waals surface area contributed by atoms with Crippen molar-refractivity contribution in [2.24, 2.45) is 23.2 Å². The Morgan fingerprint density at radius 2 is 1.45 bits per heavy atom. The van der Waals surface area contributed by atoms with Crippen LogP contribution in [0, 0.1) is 29.0 Å². The zero-order valence-electron chi connectivity index (χ0n) is 34.9. The van der Waals surface area contributed by atoms with Gasteiger partial charge in [-0.1, -0.05) is 102 Å². The molecule has 0 aromatic heterocycles. The van der Waals surface area contributed by atoms with E-state index in [1.165, 1.54) is 77.0 Å². The molecule has 0 atom stereocenters. The van der Waals surface area contributed by atoms with Gasteiger partial charge in [-0.3, -0.25) is 0 Å². The van der Waals surface area contributed by atoms with Gasteiger partial charge in [0.05, 0.1) is 31.8 Å². The van der Waals surface area contributed by atoms with Crippen LogP contribution >= 0.6 is 0 Å². The van der Waals surface area contributed by atoms with Gasteiger partial charge in [0.15, 0.2) is 0 Å². The van der Waals surface area contributed by atoms with Crippen LogP contribution in [-0.2, 0) is 22.4 Å². The Morgan fingerprint density at radius 1 is 0.804 bits per heavy atom. The molecular weight excluding hydrogens is 700 g/mol. The number of aryl methyl sites for hydroxylation is 2. The Balaban J connectivity index is 1.26. The number of benzene rings is 3. The van der Waals surface area contributed by atoms with Crippen molar-refractivity contribution in [2.75, 3.05) is 26.4 Å². The summed E-state index contributed by atoms with van der Waals surface area (Å²) in [6, 6.07) is 18.3. The lowest BCUT2D eigenvalue weighted by atomic mass is 9.68. The predicted molar refractivity (Wildman–Crippen MR) is 227 cm³/mol. The number of carbonyl (C=O) groups is 1. The summed E-state index contributed by atoms with van der Waals surface area (Å²) in [5, 5.41) is 20.0. The van der Waals surface area contributed by atoms with Crippen LogP contribution in [0.1, 0.15) is 140 Å². The maximum Gasteiger partial charge on any atom is 0.333 e. The number of hydrogen-bond donors (Lipinski definition) is 2. The highest BCUT2D eigenvalue weighted by Crippen LogP contribution is 2.45. The first kappa shape index (κ1) is 43.6. The minimum atomic E-state index is -0.738. The number of hydrogen-bond acceptors (Lipinski definition) is 5. The number of aliphatic hydroxyl groups is 2. The SMILES string of the molecule is C=C(C)C(=O)OCCCc1cc(-c2ccc(-c3ccc(C4CCC(C5CCC(CCCCC)CC5)CC4)cc3F)c(CC)c2)ccc1OCC(CC)(CO)CO. The largest absolute Gasteiger partial charge is 0.493 e. The standard InChI is InChI=1S/C50H69FO5/c1-6-9-10-12-36-14-16-38(17-15-36)39-18-20-40(21-19-39)43-23-26-46(47(51)31-43)45-25-22-41(29-37(45)7-2)42-24-27-48(56-34-50(8-3,32-52)33-53)44(30-42)13-11-28-55-49(54)35(4)5/h22-27,29-31,36,38-40,52-53H,4,6-21,28,32-34H2,1-3,5H3. The Bertz CT molecular complexity index is 1700. The fourth-order valence-corrected chi connectivity index (χ4v) is 9.23. The molecule has 0 heterocycles. The second kappa shape index (κ2) is 21.3. The average molecular weight is 769 g/mol. The van der Waals surface area contributed by atoms with Gasteiger partial charge in [-0.05, 0) is 146 Å². The molecule has 3 aromatic rings. The van der Waals surface area contributed by atoms with Gasteiger partial charge in [0, 0.05) is 11.1 Å². The minimum absolute atomic E-state index is 0.140. The third-order valence-corrected chi connectivity index (χ3v) is 13.3. The second-order valence-electron chi connectivity index (χ2n) is 17.2. The molecule has 0 unspecified atom stereocenters. The minimum Gasteiger partial charge on any atom is -0.493 e. The number of rotatable bonds is 20. The first-order chi connectivity index (χ1) is 27.1. The third-order valence-electron chi connectivity index (χ3n) is 13.3. The van der Waals surface area contributed by atoms with Gasteiger partial charge < -0.3 is 19.7 Å². The maximum absolute atomic E-state index is 16.0. The number of unbranched alkanes of at least 4 members (excludes halogenated alkanes) is 2. The van der Waals surface area contributed by atoms with E-state index in [1.807, 2.05) is 31.2 Å². The summed E-state index contributed by atoms with van der Waals surface area (Å²) >= 11 is 0. The van der Waals surface area contributed by atoms with E-state index in [1.54, 1.807) is 6.92 Å². The van der Waals surface area contributed by atoms with Crippen LogP contribution in [0.4, 0.5) is 4.39 Å². The topological polar surface area (TPSA) is 76.0 Å². The highest BCUT2D eigenvalue weighted by atomic mass is 19.1. The Morgan fingerprint density at radius 3 is 2.05 bits per heavy atom. The van der Waals surface area contributed by atoms with Crippen LogP contribution < -0.4 is 4.74 Å². The van der Waals surface area contributed by atoms with Gasteiger partial charge in [-0.25, -0.2) is 9.18 Å². The van der Waals surface area contributed by atoms with E-state index in [2.05, 4.69) is 50.8 Å². The van der Waals surface area contributed by atoms with Crippen LogP contribution in [0.5, 0.6) is 5.75 Å². The highest BCUT2D eigenvalue weighted by Gasteiger charge is 2.32. The van der Waals surface area contributed by atoms with Crippen LogP contribution in [0.2, 0.25) is 0 Å². The molecule has 5 rings (SSSR count). The fraction of sp³-hybridized carbons (Fsp3) is 0.580. The van der Waals surface area contributed by atoms with E-state index in [0.717, 1.165) is 57.6 Å². The molecule has 2 saturated carbocycles. The van der Waals surface area contributed by atoms with Crippen LogP contribution in [0.3, 0.4) is 0 Å². The molecule has 0 spiro atoms. The molecule has 0 bridgehead atoms. The molecule has 2 N–H and O–H groups in total. The molecule has 306 valence electrons. The van der Waals surface area contributed by atoms with E-state index in [-0.39, 0.29) is 32.2 Å². The summed E-state index contributed by atoms with van der Waals surface area (Å²) in [5.41, 5.74) is 6.42. The lowest BCUT2D eigenvalue weighted by Crippen LogP contribution is -2.35. The van der Waals surface area contributed by atoms with Gasteiger partial charge in [0.1, 0.15) is 11.6 Å². The average Bonchev–Trinajstić information content (AvgIpc) is 3.23. The van der Waals surface area contributed by atoms with Gasteiger partial charge in [-0.2, -0.15) is 0 Å². The molecule has 2 aliphatic carbocycles. The summed E-state index contributed by atoms with van der Waals surface area (Å²) in [6.45, 7) is 11.7. The molecule has 3 aromatic carbocycles. The molecule has 56 heavy (non-hydrogen) atoms. The van der Waals surface area contributed by atoms with Crippen molar-refractivity contribution in [1.29, 1.82) is 0 Å². The normalized spacial score (nSPS) is 20.1. The fourth-order valence-electron chi connectivity index (χ4n) is 9.23. The lowest BCUT2D eigenvalue weighted by molar-refractivity contribution is -0.139. The number of halogens is 1.